The van der Waals surface area contributed by atoms with Crippen molar-refractivity contribution in [2.24, 2.45) is 5.10 Å². The molecule has 2 amide bonds. The van der Waals surface area contributed by atoms with Crippen molar-refractivity contribution >= 4 is 34.5 Å². The molecule has 2 N–H and O–H groups in total. The van der Waals surface area contributed by atoms with Crippen LogP contribution in [0.3, 0.4) is 0 Å². The average molecular weight is 458 g/mol. The van der Waals surface area contributed by atoms with Crippen molar-refractivity contribution in [2.75, 3.05) is 5.32 Å². The van der Waals surface area contributed by atoms with Gasteiger partial charge in [-0.2, -0.15) is 5.10 Å². The Balaban J connectivity index is 1.32. The predicted octanol–water partition coefficient (Wildman–Crippen LogP) is 3.87. The Bertz CT molecular complexity index is 1260. The second-order valence-electron chi connectivity index (χ2n) is 6.74. The number of nitrogens with zero attached hydrogens (tertiary/aromatic N) is 3. The van der Waals surface area contributed by atoms with E-state index in [1.807, 2.05) is 72.8 Å². The van der Waals surface area contributed by atoms with Crippen LogP contribution in [0.4, 0.5) is 5.13 Å². The van der Waals surface area contributed by atoms with E-state index in [4.69, 9.17) is 4.74 Å². The van der Waals surface area contributed by atoms with Gasteiger partial charge in [0.05, 0.1) is 6.21 Å². The quantitative estimate of drug-likeness (QED) is 0.249. The number of anilines is 1. The molecule has 3 aromatic carbocycles. The van der Waals surface area contributed by atoms with Crippen LogP contribution >= 0.6 is 11.3 Å². The molecule has 8 nitrogen and oxygen atoms in total. The fourth-order valence-electron chi connectivity index (χ4n) is 2.79. The van der Waals surface area contributed by atoms with Gasteiger partial charge in [0.2, 0.25) is 5.13 Å². The van der Waals surface area contributed by atoms with Gasteiger partial charge in [-0.05, 0) is 17.7 Å². The summed E-state index contributed by atoms with van der Waals surface area (Å²) in [6.45, 7) is 0.396. The van der Waals surface area contributed by atoms with Crippen LogP contribution in [0, 0.1) is 0 Å². The Hall–Kier alpha value is -4.37. The zero-order chi connectivity index (χ0) is 22.9. The Morgan fingerprint density at radius 1 is 0.879 bits per heavy atom. The number of para-hydroxylation sites is 1. The summed E-state index contributed by atoms with van der Waals surface area (Å²) in [6, 6.07) is 26.4. The molecule has 0 saturated heterocycles. The summed E-state index contributed by atoms with van der Waals surface area (Å²) in [5.74, 6) is -1.21. The van der Waals surface area contributed by atoms with Crippen molar-refractivity contribution in [2.45, 2.75) is 6.61 Å². The summed E-state index contributed by atoms with van der Waals surface area (Å²) in [7, 11) is 0. The summed E-state index contributed by atoms with van der Waals surface area (Å²) in [5.41, 5.74) is 4.77. The van der Waals surface area contributed by atoms with Gasteiger partial charge in [-0.15, -0.1) is 10.2 Å². The van der Waals surface area contributed by atoms with E-state index in [2.05, 4.69) is 26.0 Å². The molecule has 0 radical (unpaired) electrons. The van der Waals surface area contributed by atoms with Gasteiger partial charge < -0.3 is 4.74 Å². The second-order valence-corrected chi connectivity index (χ2v) is 7.72. The van der Waals surface area contributed by atoms with E-state index in [0.29, 0.717) is 22.9 Å². The van der Waals surface area contributed by atoms with Gasteiger partial charge in [-0.1, -0.05) is 84.1 Å². The molecule has 0 fully saturated rings. The molecule has 1 heterocycles. The third-order valence-corrected chi connectivity index (χ3v) is 5.29. The van der Waals surface area contributed by atoms with Crippen molar-refractivity contribution in [1.82, 2.24) is 15.6 Å². The molecule has 0 spiro atoms. The van der Waals surface area contributed by atoms with E-state index >= 15 is 0 Å². The number of hydrogen-bond donors (Lipinski definition) is 2. The van der Waals surface area contributed by atoms with E-state index in [1.54, 1.807) is 12.1 Å². The molecule has 0 bridgehead atoms. The Morgan fingerprint density at radius 3 is 2.36 bits per heavy atom. The average Bonchev–Trinajstić information content (AvgIpc) is 3.33. The Morgan fingerprint density at radius 2 is 1.58 bits per heavy atom. The molecular formula is C24H19N5O3S. The smallest absolute Gasteiger partial charge is 0.329 e. The second kappa shape index (κ2) is 10.8. The van der Waals surface area contributed by atoms with Gasteiger partial charge in [0.1, 0.15) is 17.4 Å². The summed E-state index contributed by atoms with van der Waals surface area (Å²) in [5, 5.41) is 15.1. The molecule has 0 aliphatic heterocycles. The lowest BCUT2D eigenvalue weighted by molar-refractivity contribution is -0.136. The van der Waals surface area contributed by atoms with Crippen molar-refractivity contribution in [1.29, 1.82) is 0 Å². The first-order chi connectivity index (χ1) is 16.2. The fraction of sp³-hybridized carbons (Fsp3) is 0.0417. The number of benzene rings is 3. The van der Waals surface area contributed by atoms with E-state index in [9.17, 15) is 9.59 Å². The van der Waals surface area contributed by atoms with E-state index in [1.165, 1.54) is 17.6 Å². The molecule has 1 aromatic heterocycles. The van der Waals surface area contributed by atoms with Gasteiger partial charge >= 0.3 is 11.8 Å². The minimum absolute atomic E-state index is 0.220. The van der Waals surface area contributed by atoms with Gasteiger partial charge in [0, 0.05) is 11.1 Å². The van der Waals surface area contributed by atoms with Crippen molar-refractivity contribution in [3.05, 3.63) is 96.1 Å². The minimum atomic E-state index is -0.926. The first-order valence-electron chi connectivity index (χ1n) is 9.98. The summed E-state index contributed by atoms with van der Waals surface area (Å²) < 4.78 is 5.85. The van der Waals surface area contributed by atoms with Crippen LogP contribution in [-0.4, -0.2) is 28.2 Å². The lowest BCUT2D eigenvalue weighted by Gasteiger charge is -2.08. The van der Waals surface area contributed by atoms with E-state index in [0.717, 1.165) is 11.1 Å². The van der Waals surface area contributed by atoms with Crippen LogP contribution in [0.2, 0.25) is 0 Å². The summed E-state index contributed by atoms with van der Waals surface area (Å²) >= 11 is 1.17. The predicted molar refractivity (Wildman–Crippen MR) is 127 cm³/mol. The summed E-state index contributed by atoms with van der Waals surface area (Å²) in [4.78, 5) is 24.2. The molecule has 4 aromatic rings. The molecular weight excluding hydrogens is 438 g/mol. The van der Waals surface area contributed by atoms with Crippen LogP contribution in [0.25, 0.3) is 10.6 Å². The maximum Gasteiger partial charge on any atom is 0.329 e. The lowest BCUT2D eigenvalue weighted by atomic mass is 10.2. The van der Waals surface area contributed by atoms with Gasteiger partial charge in [-0.3, -0.25) is 14.9 Å². The minimum Gasteiger partial charge on any atom is -0.488 e. The molecule has 164 valence electrons. The highest BCUT2D eigenvalue weighted by atomic mass is 32.1. The maximum atomic E-state index is 12.1. The number of amides is 2. The molecule has 0 aliphatic carbocycles. The van der Waals surface area contributed by atoms with Gasteiger partial charge in [0.25, 0.3) is 0 Å². The van der Waals surface area contributed by atoms with E-state index in [-0.39, 0.29) is 5.13 Å². The van der Waals surface area contributed by atoms with E-state index < -0.39 is 11.8 Å². The third kappa shape index (κ3) is 6.08. The molecule has 0 unspecified atom stereocenters. The molecule has 0 aliphatic rings. The molecule has 4 rings (SSSR count). The lowest BCUT2D eigenvalue weighted by Crippen LogP contribution is -2.32. The summed E-state index contributed by atoms with van der Waals surface area (Å²) in [6.07, 6.45) is 1.42. The van der Waals surface area contributed by atoms with Crippen molar-refractivity contribution in [3.8, 4) is 16.3 Å². The fourth-order valence-corrected chi connectivity index (χ4v) is 3.53. The molecule has 0 atom stereocenters. The normalized spacial score (nSPS) is 10.7. The standard InChI is InChI=1S/C24H19N5O3S/c30-21(26-24-29-28-23(33-24)18-11-5-2-6-12-18)22(31)27-25-15-19-13-7-8-14-20(19)32-16-17-9-3-1-4-10-17/h1-15H,16H2,(H,27,31)(H,26,29,30)/b25-15+. The molecule has 0 saturated carbocycles. The highest BCUT2D eigenvalue weighted by Crippen LogP contribution is 2.25. The molecule has 33 heavy (non-hydrogen) atoms. The number of aromatic nitrogens is 2. The number of carbonyl (C=O) groups excluding carboxylic acids is 2. The van der Waals surface area contributed by atoms with Crippen LogP contribution in [0.5, 0.6) is 5.75 Å². The number of ether oxygens (including phenoxy) is 1. The van der Waals surface area contributed by atoms with Crippen LogP contribution in [-0.2, 0) is 16.2 Å². The van der Waals surface area contributed by atoms with Crippen molar-refractivity contribution < 1.29 is 14.3 Å². The van der Waals surface area contributed by atoms with Crippen LogP contribution < -0.4 is 15.5 Å². The zero-order valence-corrected chi connectivity index (χ0v) is 18.2. The molecule has 9 heteroatoms. The largest absolute Gasteiger partial charge is 0.488 e. The Labute approximate surface area is 194 Å². The number of carbonyl (C=O) groups is 2. The first-order valence-corrected chi connectivity index (χ1v) is 10.8. The number of hydrazone groups is 1. The number of nitrogens with one attached hydrogen (secondary N) is 2. The topological polar surface area (TPSA) is 106 Å². The zero-order valence-electron chi connectivity index (χ0n) is 17.3. The first kappa shape index (κ1) is 21.8. The maximum absolute atomic E-state index is 12.1. The van der Waals surface area contributed by atoms with Crippen molar-refractivity contribution in [3.63, 3.8) is 0 Å². The number of hydrogen-bond acceptors (Lipinski definition) is 7. The monoisotopic (exact) mass is 457 g/mol. The van der Waals surface area contributed by atoms with Crippen LogP contribution in [0.1, 0.15) is 11.1 Å². The third-order valence-electron chi connectivity index (χ3n) is 4.40. The van der Waals surface area contributed by atoms with Crippen LogP contribution in [0.15, 0.2) is 90.0 Å². The highest BCUT2D eigenvalue weighted by Gasteiger charge is 2.16. The Kier molecular flexibility index (Phi) is 7.14. The number of rotatable bonds is 7. The SMILES string of the molecule is O=C(N/N=C/c1ccccc1OCc1ccccc1)C(=O)Nc1nnc(-c2ccccc2)s1. The van der Waals surface area contributed by atoms with Gasteiger partial charge in [0.15, 0.2) is 0 Å². The van der Waals surface area contributed by atoms with Gasteiger partial charge in [-0.25, -0.2) is 5.43 Å². The highest BCUT2D eigenvalue weighted by molar-refractivity contribution is 7.18.